The highest BCUT2D eigenvalue weighted by Crippen LogP contribution is 2.45. The molecule has 4 rings (SSSR count). The van der Waals surface area contributed by atoms with E-state index in [0.717, 1.165) is 16.5 Å². The van der Waals surface area contributed by atoms with E-state index in [-0.39, 0.29) is 22.6 Å². The first-order valence-electron chi connectivity index (χ1n) is 9.94. The number of aliphatic imine (C=N–C) groups is 1. The standard InChI is InChI=1S/C13H17ClN4O2.C9H6N2O2/c1-7-9-8(5-6-12(7,2)3)17-11(15)10(18(19)20)13(9,14)16-4;12-11(13)8-5-7-3-1-2-4-9(7)10-6-8/h5-6,16H,15H2,1-4H3;1-6H. The molecule has 1 unspecified atom stereocenters. The van der Waals surface area contributed by atoms with Crippen LogP contribution in [0.4, 0.5) is 5.69 Å². The molecule has 0 spiro atoms. The fourth-order valence-corrected chi connectivity index (χ4v) is 4.04. The van der Waals surface area contributed by atoms with E-state index >= 15 is 0 Å². The first kappa shape index (κ1) is 24.0. The van der Waals surface area contributed by atoms with Gasteiger partial charge in [0.25, 0.3) is 5.69 Å². The number of para-hydroxylation sites is 1. The summed E-state index contributed by atoms with van der Waals surface area (Å²) < 4.78 is 0. The normalized spacial score (nSPS) is 21.2. The van der Waals surface area contributed by atoms with Gasteiger partial charge < -0.3 is 5.73 Å². The molecule has 11 heteroatoms. The lowest BCUT2D eigenvalue weighted by molar-refractivity contribution is -0.432. The molecule has 1 atom stereocenters. The fraction of sp³-hybridized carbons (Fsp3) is 0.273. The summed E-state index contributed by atoms with van der Waals surface area (Å²) in [7, 11) is 1.57. The topological polar surface area (TPSA) is 150 Å². The number of nitro groups is 2. The van der Waals surface area contributed by atoms with Crippen LogP contribution in [-0.4, -0.2) is 32.6 Å². The molecule has 1 aliphatic heterocycles. The number of aromatic nitrogens is 1. The number of hydrogen-bond donors (Lipinski definition) is 2. The van der Waals surface area contributed by atoms with Gasteiger partial charge in [0.1, 0.15) is 6.20 Å². The van der Waals surface area contributed by atoms with Gasteiger partial charge in [-0.2, -0.15) is 0 Å². The second-order valence-electron chi connectivity index (χ2n) is 8.09. The Morgan fingerprint density at radius 2 is 1.82 bits per heavy atom. The number of likely N-dealkylation sites (N-methyl/N-ethyl adjacent to an activating group) is 1. The number of fused-ring (bicyclic) bond motifs is 2. The molecule has 0 bridgehead atoms. The minimum absolute atomic E-state index is 0.0266. The van der Waals surface area contributed by atoms with Crippen LogP contribution in [-0.2, 0) is 0 Å². The number of alkyl halides is 1. The first-order chi connectivity index (χ1) is 15.4. The molecular formula is C22H23ClN6O4. The van der Waals surface area contributed by atoms with E-state index in [4.69, 9.17) is 17.3 Å². The zero-order valence-corrected chi connectivity index (χ0v) is 19.3. The predicted molar refractivity (Wildman–Crippen MR) is 127 cm³/mol. The van der Waals surface area contributed by atoms with E-state index in [1.165, 1.54) is 12.3 Å². The van der Waals surface area contributed by atoms with Crippen molar-refractivity contribution in [3.63, 3.8) is 0 Å². The van der Waals surface area contributed by atoms with E-state index in [1.54, 1.807) is 19.2 Å². The van der Waals surface area contributed by atoms with Crippen molar-refractivity contribution in [2.45, 2.75) is 25.8 Å². The lowest BCUT2D eigenvalue weighted by Crippen LogP contribution is -2.50. The first-order valence-corrected chi connectivity index (χ1v) is 10.3. The smallest absolute Gasteiger partial charge is 0.327 e. The van der Waals surface area contributed by atoms with Crippen LogP contribution in [0.15, 0.2) is 76.3 Å². The third-order valence-electron chi connectivity index (χ3n) is 5.72. The summed E-state index contributed by atoms with van der Waals surface area (Å²) in [6.07, 6.45) is 5.06. The molecule has 172 valence electrons. The average molecular weight is 471 g/mol. The van der Waals surface area contributed by atoms with Gasteiger partial charge in [0.15, 0.2) is 0 Å². The van der Waals surface area contributed by atoms with Gasteiger partial charge in [0, 0.05) is 22.4 Å². The summed E-state index contributed by atoms with van der Waals surface area (Å²) in [6.45, 7) is 5.94. The minimum atomic E-state index is -1.48. The number of pyridine rings is 1. The van der Waals surface area contributed by atoms with Crippen LogP contribution in [0.1, 0.15) is 20.8 Å². The summed E-state index contributed by atoms with van der Waals surface area (Å²) in [6, 6.07) is 8.81. The Morgan fingerprint density at radius 3 is 2.42 bits per heavy atom. The molecule has 2 aliphatic rings. The van der Waals surface area contributed by atoms with Crippen molar-refractivity contribution in [2.75, 3.05) is 7.05 Å². The number of hydrogen-bond acceptors (Lipinski definition) is 8. The Hall–Kier alpha value is -3.63. The summed E-state index contributed by atoms with van der Waals surface area (Å²) in [5.41, 5.74) is 8.04. The molecule has 2 heterocycles. The van der Waals surface area contributed by atoms with Crippen molar-refractivity contribution in [1.29, 1.82) is 0 Å². The molecule has 0 radical (unpaired) electrons. The lowest BCUT2D eigenvalue weighted by Gasteiger charge is -2.37. The van der Waals surface area contributed by atoms with Gasteiger partial charge >= 0.3 is 5.70 Å². The molecule has 0 saturated heterocycles. The Labute approximate surface area is 194 Å². The Balaban J connectivity index is 0.000000203. The highest BCUT2D eigenvalue weighted by Gasteiger charge is 2.52. The Morgan fingerprint density at radius 1 is 1.15 bits per heavy atom. The molecule has 2 aromatic rings. The third kappa shape index (κ3) is 4.35. The van der Waals surface area contributed by atoms with Gasteiger partial charge in [-0.05, 0) is 26.1 Å². The fourth-order valence-electron chi connectivity index (χ4n) is 3.64. The summed E-state index contributed by atoms with van der Waals surface area (Å²) >= 11 is 6.55. The number of halogens is 1. The Kier molecular flexibility index (Phi) is 6.35. The second kappa shape index (κ2) is 8.72. The van der Waals surface area contributed by atoms with Gasteiger partial charge in [0.2, 0.25) is 10.8 Å². The van der Waals surface area contributed by atoms with Crippen molar-refractivity contribution in [3.05, 3.63) is 91.6 Å². The van der Waals surface area contributed by atoms with E-state index in [9.17, 15) is 20.2 Å². The monoisotopic (exact) mass is 470 g/mol. The molecule has 3 N–H and O–H groups in total. The molecule has 0 saturated carbocycles. The van der Waals surface area contributed by atoms with Gasteiger partial charge in [-0.25, -0.2) is 9.98 Å². The number of nitrogens with zero attached hydrogens (tertiary/aromatic N) is 4. The van der Waals surface area contributed by atoms with Gasteiger partial charge in [0.05, 0.1) is 21.1 Å². The van der Waals surface area contributed by atoms with Crippen molar-refractivity contribution < 1.29 is 9.85 Å². The maximum absolute atomic E-state index is 11.3. The number of rotatable bonds is 3. The van der Waals surface area contributed by atoms with Crippen LogP contribution >= 0.6 is 11.6 Å². The van der Waals surface area contributed by atoms with E-state index in [0.29, 0.717) is 11.3 Å². The zero-order valence-electron chi connectivity index (χ0n) is 18.5. The van der Waals surface area contributed by atoms with E-state index < -0.39 is 14.8 Å². The molecule has 1 aromatic carbocycles. The van der Waals surface area contributed by atoms with E-state index in [2.05, 4.69) is 15.3 Å². The number of nitrogens with two attached hydrogens (primary N) is 1. The maximum atomic E-state index is 11.3. The lowest BCUT2D eigenvalue weighted by atomic mass is 9.74. The van der Waals surface area contributed by atoms with Crippen molar-refractivity contribution >= 4 is 33.9 Å². The molecule has 0 fully saturated rings. The summed E-state index contributed by atoms with van der Waals surface area (Å²) in [5.74, 6) is -0.171. The maximum Gasteiger partial charge on any atom is 0.327 e. The van der Waals surface area contributed by atoms with Crippen molar-refractivity contribution in [2.24, 2.45) is 16.1 Å². The average Bonchev–Trinajstić information content (AvgIpc) is 2.76. The van der Waals surface area contributed by atoms with E-state index in [1.807, 2.05) is 45.0 Å². The third-order valence-corrected chi connectivity index (χ3v) is 6.28. The quantitative estimate of drug-likeness (QED) is 0.297. The van der Waals surface area contributed by atoms with Crippen LogP contribution in [0.25, 0.3) is 10.9 Å². The highest BCUT2D eigenvalue weighted by atomic mass is 35.5. The second-order valence-corrected chi connectivity index (χ2v) is 8.66. The summed E-state index contributed by atoms with van der Waals surface area (Å²) in [4.78, 5) is 27.3. The molecular weight excluding hydrogens is 448 g/mol. The van der Waals surface area contributed by atoms with Crippen LogP contribution < -0.4 is 11.1 Å². The van der Waals surface area contributed by atoms with Crippen LogP contribution in [0, 0.1) is 25.6 Å². The predicted octanol–water partition coefficient (Wildman–Crippen LogP) is 4.06. The number of nitrogens with one attached hydrogen (secondary N) is 1. The van der Waals surface area contributed by atoms with Crippen LogP contribution in [0.3, 0.4) is 0 Å². The largest absolute Gasteiger partial charge is 0.378 e. The number of benzene rings is 1. The highest BCUT2D eigenvalue weighted by molar-refractivity contribution is 6.33. The number of allylic oxidation sites excluding steroid dienone is 3. The SMILES string of the molecule is CNC1(Cl)C2=C(C)C(C)(C)C=CC2=NC(N)=C1[N+](=O)[O-].O=[N+]([O-])c1cnc2ccccc2c1. The minimum Gasteiger partial charge on any atom is -0.378 e. The van der Waals surface area contributed by atoms with Gasteiger partial charge in [-0.1, -0.05) is 55.3 Å². The van der Waals surface area contributed by atoms with Gasteiger partial charge in [-0.15, -0.1) is 0 Å². The molecule has 1 aliphatic carbocycles. The molecule has 10 nitrogen and oxygen atoms in total. The van der Waals surface area contributed by atoms with Crippen LogP contribution in [0.2, 0.25) is 0 Å². The zero-order chi connectivity index (χ0) is 24.6. The summed E-state index contributed by atoms with van der Waals surface area (Å²) in [5, 5.41) is 25.3. The van der Waals surface area contributed by atoms with Crippen molar-refractivity contribution in [1.82, 2.24) is 10.3 Å². The molecule has 1 aromatic heterocycles. The van der Waals surface area contributed by atoms with Crippen LogP contribution in [0.5, 0.6) is 0 Å². The van der Waals surface area contributed by atoms with Crippen molar-refractivity contribution in [3.8, 4) is 0 Å². The Bertz CT molecular complexity index is 1280. The van der Waals surface area contributed by atoms with Gasteiger partial charge in [-0.3, -0.25) is 25.5 Å². The molecule has 33 heavy (non-hydrogen) atoms. The molecule has 0 amide bonds.